The second kappa shape index (κ2) is 30.1. The molecule has 5 N–H and O–H groups in total. The molecule has 1 aromatic carbocycles. The number of carboxylic acids is 1. The Kier molecular flexibility index (Phi) is 25.4. The maximum absolute atomic E-state index is 14.9. The molecule has 448 valence electrons. The molecule has 1 aromatic rings. The van der Waals surface area contributed by atoms with Gasteiger partial charge in [-0.2, -0.15) is 0 Å². The van der Waals surface area contributed by atoms with Gasteiger partial charge in [0.05, 0.1) is 20.1 Å². The minimum Gasteiger partial charge on any atom is -0.497 e. The Bertz CT molecular complexity index is 2380. The van der Waals surface area contributed by atoms with Gasteiger partial charge in [-0.05, 0) is 73.5 Å². The number of hydrogen-bond donors (Lipinski definition) is 5. The van der Waals surface area contributed by atoms with Gasteiger partial charge in [0, 0.05) is 48.2 Å². The molecule has 0 saturated carbocycles. The van der Waals surface area contributed by atoms with E-state index in [1.165, 1.54) is 64.0 Å². The summed E-state index contributed by atoms with van der Waals surface area (Å²) in [6.07, 6.45) is 1.14. The second-order valence-corrected chi connectivity index (χ2v) is 22.8. The van der Waals surface area contributed by atoms with Gasteiger partial charge in [-0.15, -0.1) is 0 Å². The van der Waals surface area contributed by atoms with Crippen LogP contribution in [0.1, 0.15) is 120 Å². The number of rotatable bonds is 12. The zero-order chi connectivity index (χ0) is 60.8. The molecule has 2 saturated heterocycles. The van der Waals surface area contributed by atoms with E-state index < -0.39 is 162 Å². The molecule has 0 radical (unpaired) electrons. The van der Waals surface area contributed by atoms with Gasteiger partial charge in [0.25, 0.3) is 0 Å². The van der Waals surface area contributed by atoms with Gasteiger partial charge in [-0.25, -0.2) is 0 Å². The monoisotopic (exact) mass is 1120 g/mol. The van der Waals surface area contributed by atoms with Gasteiger partial charge in [0.15, 0.2) is 0 Å². The molecule has 3 rings (SSSR count). The molecular formula is C57H92N10O13. The number of carbonyl (C=O) groups excluding carboxylic acids is 10. The zero-order valence-corrected chi connectivity index (χ0v) is 50.3. The second-order valence-electron chi connectivity index (χ2n) is 22.8. The van der Waals surface area contributed by atoms with Gasteiger partial charge in [0.2, 0.25) is 59.1 Å². The van der Waals surface area contributed by atoms with Crippen LogP contribution in [0, 0.1) is 29.6 Å². The summed E-state index contributed by atoms with van der Waals surface area (Å²) in [6, 6.07) is -4.68. The van der Waals surface area contributed by atoms with E-state index in [1.807, 2.05) is 6.92 Å². The lowest BCUT2D eigenvalue weighted by molar-refractivity contribution is -0.157. The molecule has 23 nitrogen and oxygen atoms in total. The van der Waals surface area contributed by atoms with Gasteiger partial charge in [-0.3, -0.25) is 52.7 Å². The summed E-state index contributed by atoms with van der Waals surface area (Å²) >= 11 is 0. The third-order valence-corrected chi connectivity index (χ3v) is 15.9. The number of benzene rings is 1. The number of nitrogens with one attached hydrogen (secondary N) is 4. The fourth-order valence-electron chi connectivity index (χ4n) is 10.8. The van der Waals surface area contributed by atoms with Gasteiger partial charge >= 0.3 is 5.97 Å². The lowest BCUT2D eigenvalue weighted by Gasteiger charge is -2.41. The van der Waals surface area contributed by atoms with E-state index in [4.69, 9.17) is 4.74 Å². The normalized spacial score (nSPS) is 26.7. The quantitative estimate of drug-likeness (QED) is 0.200. The van der Waals surface area contributed by atoms with Gasteiger partial charge in [0.1, 0.15) is 60.1 Å². The Labute approximate surface area is 472 Å². The third kappa shape index (κ3) is 16.6. The fraction of sp³-hybridized carbons (Fsp3) is 0.702. The smallest absolute Gasteiger partial charge is 0.305 e. The standard InChI is InChI=1S/C57H92N10O13/c1-18-34(9)47-50(72)58-30-42(68)63(13)45(32(5)6)51(73)60-39(28-37-23-25-38(80-17)26-24-37)49(71)59-36(11)53(75)67-27-21-20-22-40(67)54(76)64(14)46(33(7)8)52(74)61-44(31(3)4)56(78)62(12)41(29-43(69)70)55(77)66(16)48(35(10)19-2)57(79)65(47)15/h23-26,31-36,39-41,44-48H,18-22,27-30H2,1-17H3,(H,58,72)(H,59,71)(H,60,73)(H,61,74)(H,69,70)/t34-,35-,36+,39-,40-,41-,44-,45-,46-,47-,48-/m0/s1. The summed E-state index contributed by atoms with van der Waals surface area (Å²) in [7, 11) is 8.29. The first kappa shape index (κ1) is 67.5. The predicted molar refractivity (Wildman–Crippen MR) is 299 cm³/mol. The molecule has 10 amide bonds. The summed E-state index contributed by atoms with van der Waals surface area (Å²) in [4.78, 5) is 165. The van der Waals surface area contributed by atoms with Crippen molar-refractivity contribution < 1.29 is 62.6 Å². The number of carboxylic acid groups (broad SMARTS) is 1. The number of fused-ring (bicyclic) bond motifs is 1. The van der Waals surface area contributed by atoms with Crippen LogP contribution in [0.15, 0.2) is 24.3 Å². The average molecular weight is 1130 g/mol. The molecule has 2 fully saturated rings. The van der Waals surface area contributed by atoms with E-state index in [-0.39, 0.29) is 19.4 Å². The van der Waals surface area contributed by atoms with Crippen molar-refractivity contribution >= 4 is 65.0 Å². The highest BCUT2D eigenvalue weighted by atomic mass is 16.5. The highest BCUT2D eigenvalue weighted by Crippen LogP contribution is 2.26. The number of likely N-dealkylation sites (N-methyl/N-ethyl adjacent to an activating group) is 5. The third-order valence-electron chi connectivity index (χ3n) is 15.9. The number of hydrogen-bond acceptors (Lipinski definition) is 12. The molecule has 0 bridgehead atoms. The van der Waals surface area contributed by atoms with Crippen LogP contribution >= 0.6 is 0 Å². The van der Waals surface area contributed by atoms with E-state index in [1.54, 1.807) is 86.6 Å². The van der Waals surface area contributed by atoms with Crippen molar-refractivity contribution in [1.82, 2.24) is 50.7 Å². The number of methoxy groups -OCH3 is 1. The molecular weight excluding hydrogens is 1030 g/mol. The number of amides is 10. The fourth-order valence-corrected chi connectivity index (χ4v) is 10.8. The first-order chi connectivity index (χ1) is 37.4. The van der Waals surface area contributed by atoms with Crippen LogP contribution in [0.5, 0.6) is 5.75 Å². The summed E-state index contributed by atoms with van der Waals surface area (Å²) in [6.45, 7) is 18.2. The van der Waals surface area contributed by atoms with Crippen molar-refractivity contribution in [2.75, 3.05) is 55.4 Å². The Balaban J connectivity index is 2.27. The first-order valence-electron chi connectivity index (χ1n) is 28.0. The van der Waals surface area contributed by atoms with Crippen molar-refractivity contribution in [2.24, 2.45) is 29.6 Å². The van der Waals surface area contributed by atoms with E-state index in [0.717, 1.165) is 14.7 Å². The van der Waals surface area contributed by atoms with Crippen molar-refractivity contribution in [3.05, 3.63) is 29.8 Å². The molecule has 0 spiro atoms. The molecule has 2 aliphatic rings. The van der Waals surface area contributed by atoms with Crippen molar-refractivity contribution in [2.45, 2.75) is 175 Å². The number of nitrogens with zero attached hydrogens (tertiary/aromatic N) is 6. The predicted octanol–water partition coefficient (Wildman–Crippen LogP) is 1.89. The maximum atomic E-state index is 14.9. The summed E-state index contributed by atoms with van der Waals surface area (Å²) in [5.74, 6) is -10.8. The van der Waals surface area contributed by atoms with Crippen molar-refractivity contribution in [3.63, 3.8) is 0 Å². The van der Waals surface area contributed by atoms with Crippen molar-refractivity contribution in [3.8, 4) is 5.75 Å². The summed E-state index contributed by atoms with van der Waals surface area (Å²) in [5.41, 5.74) is 0.621. The maximum Gasteiger partial charge on any atom is 0.305 e. The molecule has 11 atom stereocenters. The molecule has 0 aliphatic carbocycles. The van der Waals surface area contributed by atoms with Crippen LogP contribution in [-0.2, 0) is 59.2 Å². The van der Waals surface area contributed by atoms with Crippen LogP contribution in [0.4, 0.5) is 0 Å². The Hall–Kier alpha value is -6.81. The molecule has 23 heteroatoms. The minimum absolute atomic E-state index is 0.0527. The van der Waals surface area contributed by atoms with Crippen LogP contribution in [0.25, 0.3) is 0 Å². The van der Waals surface area contributed by atoms with Crippen LogP contribution in [-0.4, -0.2) is 209 Å². The number of ether oxygens (including phenoxy) is 1. The summed E-state index contributed by atoms with van der Waals surface area (Å²) in [5, 5.41) is 21.2. The number of carbonyl (C=O) groups is 11. The Morgan fingerprint density at radius 2 is 1.12 bits per heavy atom. The van der Waals surface area contributed by atoms with E-state index in [9.17, 15) is 57.8 Å². The van der Waals surface area contributed by atoms with E-state index in [2.05, 4.69) is 21.3 Å². The SMILES string of the molecule is CC[C@H](C)[C@H]1C(=O)NCC(=O)N(C)[C@@H](C(C)C)C(=O)N[C@@H](Cc2ccc(OC)cc2)C(=O)N[C@H](C)C(=O)N2CCCC[C@H]2C(=O)N(C)[C@@H](C(C)C)C(=O)N[C@@H](C(C)C)C(=O)N(C)[C@@H](CC(=O)O)C(=O)N(C)[C@@H]([C@@H](C)CC)C(=O)N1C. The number of aliphatic carboxylic acids is 1. The van der Waals surface area contributed by atoms with Crippen molar-refractivity contribution in [1.29, 1.82) is 0 Å². The summed E-state index contributed by atoms with van der Waals surface area (Å²) < 4.78 is 5.32. The topological polar surface area (TPSA) is 285 Å². The lowest BCUT2D eigenvalue weighted by atomic mass is 9.92. The minimum atomic E-state index is -1.69. The molecule has 0 unspecified atom stereocenters. The highest BCUT2D eigenvalue weighted by Gasteiger charge is 2.45. The van der Waals surface area contributed by atoms with Crippen LogP contribution in [0.2, 0.25) is 0 Å². The first-order valence-corrected chi connectivity index (χ1v) is 28.0. The van der Waals surface area contributed by atoms with E-state index in [0.29, 0.717) is 37.0 Å². The zero-order valence-electron chi connectivity index (χ0n) is 50.3. The molecule has 0 aromatic heterocycles. The molecule has 2 aliphatic heterocycles. The van der Waals surface area contributed by atoms with Gasteiger partial charge in [-0.1, -0.05) is 94.2 Å². The number of piperidine rings is 1. The van der Waals surface area contributed by atoms with Crippen LogP contribution < -0.4 is 26.0 Å². The Morgan fingerprint density at radius 1 is 0.600 bits per heavy atom. The largest absolute Gasteiger partial charge is 0.497 e. The highest BCUT2D eigenvalue weighted by molar-refractivity contribution is 6.00. The van der Waals surface area contributed by atoms with E-state index >= 15 is 0 Å². The average Bonchev–Trinajstić information content (AvgIpc) is 3.41. The Morgan fingerprint density at radius 3 is 1.65 bits per heavy atom. The van der Waals surface area contributed by atoms with Crippen LogP contribution in [0.3, 0.4) is 0 Å². The lowest BCUT2D eigenvalue weighted by Crippen LogP contribution is -2.63. The molecule has 80 heavy (non-hydrogen) atoms. The van der Waals surface area contributed by atoms with Gasteiger partial charge < -0.3 is 60.5 Å². The molecule has 2 heterocycles.